The van der Waals surface area contributed by atoms with Crippen LogP contribution in [0.25, 0.3) is 0 Å². The SMILES string of the molecule is Cc1cccc(C(=O)NC(C)CCCCl)c1Cl. The van der Waals surface area contributed by atoms with E-state index in [4.69, 9.17) is 23.2 Å². The zero-order valence-electron chi connectivity index (χ0n) is 10.1. The zero-order valence-corrected chi connectivity index (χ0v) is 11.6. The van der Waals surface area contributed by atoms with E-state index in [1.807, 2.05) is 26.0 Å². The van der Waals surface area contributed by atoms with Crippen molar-refractivity contribution in [3.63, 3.8) is 0 Å². The van der Waals surface area contributed by atoms with E-state index < -0.39 is 0 Å². The topological polar surface area (TPSA) is 29.1 Å². The zero-order chi connectivity index (χ0) is 12.8. The van der Waals surface area contributed by atoms with Crippen molar-refractivity contribution in [2.24, 2.45) is 0 Å². The molecule has 2 nitrogen and oxygen atoms in total. The highest BCUT2D eigenvalue weighted by Crippen LogP contribution is 2.20. The van der Waals surface area contributed by atoms with Crippen LogP contribution in [-0.4, -0.2) is 17.8 Å². The predicted octanol–water partition coefficient (Wildman–Crippen LogP) is 3.79. The molecule has 0 saturated carbocycles. The monoisotopic (exact) mass is 273 g/mol. The van der Waals surface area contributed by atoms with E-state index in [9.17, 15) is 4.79 Å². The largest absolute Gasteiger partial charge is 0.350 e. The van der Waals surface area contributed by atoms with Crippen molar-refractivity contribution in [1.29, 1.82) is 0 Å². The molecule has 0 aliphatic heterocycles. The predicted molar refractivity (Wildman–Crippen MR) is 73.1 cm³/mol. The van der Waals surface area contributed by atoms with Gasteiger partial charge in [0.25, 0.3) is 5.91 Å². The van der Waals surface area contributed by atoms with Gasteiger partial charge in [0.15, 0.2) is 0 Å². The normalized spacial score (nSPS) is 12.2. The Labute approximate surface area is 112 Å². The molecule has 0 aliphatic carbocycles. The lowest BCUT2D eigenvalue weighted by molar-refractivity contribution is 0.0938. The van der Waals surface area contributed by atoms with Crippen molar-refractivity contribution in [3.8, 4) is 0 Å². The van der Waals surface area contributed by atoms with Gasteiger partial charge in [-0.1, -0.05) is 23.7 Å². The molecule has 4 heteroatoms. The summed E-state index contributed by atoms with van der Waals surface area (Å²) < 4.78 is 0. The summed E-state index contributed by atoms with van der Waals surface area (Å²) in [5.74, 6) is 0.492. The van der Waals surface area contributed by atoms with Crippen molar-refractivity contribution in [3.05, 3.63) is 34.3 Å². The fourth-order valence-electron chi connectivity index (χ4n) is 1.58. The van der Waals surface area contributed by atoms with Crippen molar-refractivity contribution >= 4 is 29.1 Å². The van der Waals surface area contributed by atoms with Crippen LogP contribution in [-0.2, 0) is 0 Å². The molecule has 1 N–H and O–H groups in total. The van der Waals surface area contributed by atoms with Crippen molar-refractivity contribution in [1.82, 2.24) is 5.32 Å². The fraction of sp³-hybridized carbons (Fsp3) is 0.462. The maximum absolute atomic E-state index is 12.0. The van der Waals surface area contributed by atoms with Gasteiger partial charge in [-0.3, -0.25) is 4.79 Å². The maximum atomic E-state index is 12.0. The third kappa shape index (κ3) is 4.21. The molecule has 0 radical (unpaired) electrons. The van der Waals surface area contributed by atoms with Crippen molar-refractivity contribution < 1.29 is 4.79 Å². The lowest BCUT2D eigenvalue weighted by atomic mass is 10.1. The highest BCUT2D eigenvalue weighted by atomic mass is 35.5. The van der Waals surface area contributed by atoms with Gasteiger partial charge in [0.05, 0.1) is 10.6 Å². The molecule has 1 amide bonds. The molecule has 0 bridgehead atoms. The fourth-order valence-corrected chi connectivity index (χ4v) is 1.95. The smallest absolute Gasteiger partial charge is 0.253 e. The first-order chi connectivity index (χ1) is 8.06. The maximum Gasteiger partial charge on any atom is 0.253 e. The van der Waals surface area contributed by atoms with Crippen LogP contribution in [0, 0.1) is 6.92 Å². The molecular formula is C13H17Cl2NO. The summed E-state index contributed by atoms with van der Waals surface area (Å²) >= 11 is 11.7. The number of hydrogen-bond donors (Lipinski definition) is 1. The molecule has 0 fully saturated rings. The molecule has 0 aliphatic rings. The highest BCUT2D eigenvalue weighted by Gasteiger charge is 2.13. The first kappa shape index (κ1) is 14.3. The lowest BCUT2D eigenvalue weighted by Gasteiger charge is -2.14. The summed E-state index contributed by atoms with van der Waals surface area (Å²) in [5.41, 5.74) is 1.44. The molecule has 1 rings (SSSR count). The van der Waals surface area contributed by atoms with E-state index in [1.165, 1.54) is 0 Å². The Morgan fingerprint density at radius 2 is 2.18 bits per heavy atom. The third-order valence-electron chi connectivity index (χ3n) is 2.58. The standard InChI is InChI=1S/C13H17Cl2NO/c1-9-5-3-7-11(12(9)15)13(17)16-10(2)6-4-8-14/h3,5,7,10H,4,6,8H2,1-2H3,(H,16,17). The molecule has 1 aromatic carbocycles. The Kier molecular flexibility index (Phi) is 5.79. The Hall–Kier alpha value is -0.730. The van der Waals surface area contributed by atoms with Gasteiger partial charge in [-0.25, -0.2) is 0 Å². The summed E-state index contributed by atoms with van der Waals surface area (Å²) in [6, 6.07) is 5.56. The van der Waals surface area contributed by atoms with Crippen molar-refractivity contribution in [2.75, 3.05) is 5.88 Å². The van der Waals surface area contributed by atoms with Crippen LogP contribution in [0.15, 0.2) is 18.2 Å². The van der Waals surface area contributed by atoms with Gasteiger partial charge in [-0.2, -0.15) is 0 Å². The van der Waals surface area contributed by atoms with Gasteiger partial charge in [0, 0.05) is 11.9 Å². The Morgan fingerprint density at radius 1 is 1.47 bits per heavy atom. The van der Waals surface area contributed by atoms with Gasteiger partial charge >= 0.3 is 0 Å². The second kappa shape index (κ2) is 6.87. The number of halogens is 2. The molecule has 1 atom stereocenters. The van der Waals surface area contributed by atoms with Gasteiger partial charge in [0.1, 0.15) is 0 Å². The molecule has 0 spiro atoms. The number of rotatable bonds is 5. The molecule has 0 heterocycles. The van der Waals surface area contributed by atoms with Crippen LogP contribution in [0.3, 0.4) is 0 Å². The first-order valence-corrected chi connectivity index (χ1v) is 6.59. The highest BCUT2D eigenvalue weighted by molar-refractivity contribution is 6.34. The molecule has 0 aromatic heterocycles. The number of carbonyl (C=O) groups excluding carboxylic acids is 1. The first-order valence-electron chi connectivity index (χ1n) is 5.68. The van der Waals surface area contributed by atoms with Crippen LogP contribution in [0.4, 0.5) is 0 Å². The quantitative estimate of drug-likeness (QED) is 0.813. The number of aryl methyl sites for hydroxylation is 1. The van der Waals surface area contributed by atoms with E-state index in [0.717, 1.165) is 18.4 Å². The van der Waals surface area contributed by atoms with Crippen LogP contribution < -0.4 is 5.32 Å². The minimum Gasteiger partial charge on any atom is -0.350 e. The van der Waals surface area contributed by atoms with E-state index in [2.05, 4.69) is 5.32 Å². The van der Waals surface area contributed by atoms with Crippen LogP contribution in [0.2, 0.25) is 5.02 Å². The van der Waals surface area contributed by atoms with E-state index in [1.54, 1.807) is 6.07 Å². The Morgan fingerprint density at radius 3 is 2.82 bits per heavy atom. The van der Waals surface area contributed by atoms with Crippen LogP contribution in [0.5, 0.6) is 0 Å². The third-order valence-corrected chi connectivity index (χ3v) is 3.35. The minimum atomic E-state index is -0.124. The number of amides is 1. The summed E-state index contributed by atoms with van der Waals surface area (Å²) in [6.45, 7) is 3.85. The van der Waals surface area contributed by atoms with E-state index in [0.29, 0.717) is 16.5 Å². The number of alkyl halides is 1. The van der Waals surface area contributed by atoms with Crippen molar-refractivity contribution in [2.45, 2.75) is 32.7 Å². The second-order valence-corrected chi connectivity index (χ2v) is 4.90. The Balaban J connectivity index is 2.67. The minimum absolute atomic E-state index is 0.109. The van der Waals surface area contributed by atoms with Gasteiger partial charge < -0.3 is 5.32 Å². The van der Waals surface area contributed by atoms with Crippen LogP contribution >= 0.6 is 23.2 Å². The van der Waals surface area contributed by atoms with Gasteiger partial charge in [0.2, 0.25) is 0 Å². The molecule has 1 unspecified atom stereocenters. The van der Waals surface area contributed by atoms with Gasteiger partial charge in [-0.05, 0) is 38.3 Å². The number of hydrogen-bond acceptors (Lipinski definition) is 1. The molecule has 17 heavy (non-hydrogen) atoms. The average molecular weight is 274 g/mol. The second-order valence-electron chi connectivity index (χ2n) is 4.14. The molecule has 94 valence electrons. The molecule has 0 saturated heterocycles. The number of benzene rings is 1. The average Bonchev–Trinajstić information content (AvgIpc) is 2.29. The molecular weight excluding hydrogens is 257 g/mol. The van der Waals surface area contributed by atoms with E-state index in [-0.39, 0.29) is 11.9 Å². The lowest BCUT2D eigenvalue weighted by Crippen LogP contribution is -2.32. The number of nitrogens with one attached hydrogen (secondary N) is 1. The van der Waals surface area contributed by atoms with Crippen LogP contribution in [0.1, 0.15) is 35.7 Å². The summed E-state index contributed by atoms with van der Waals surface area (Å²) in [4.78, 5) is 12.0. The summed E-state index contributed by atoms with van der Waals surface area (Å²) in [6.07, 6.45) is 1.77. The van der Waals surface area contributed by atoms with E-state index >= 15 is 0 Å². The summed E-state index contributed by atoms with van der Waals surface area (Å²) in [7, 11) is 0. The van der Waals surface area contributed by atoms with Gasteiger partial charge in [-0.15, -0.1) is 11.6 Å². The molecule has 1 aromatic rings. The number of carbonyl (C=O) groups is 1. The Bertz CT molecular complexity index is 393. The summed E-state index contributed by atoms with van der Waals surface area (Å²) in [5, 5.41) is 3.44.